The number of carbonyl (C=O) groups is 1. The molecule has 1 aromatic heterocycles. The third-order valence-electron chi connectivity index (χ3n) is 4.26. The molecule has 0 aliphatic carbocycles. The predicted molar refractivity (Wildman–Crippen MR) is 97.5 cm³/mol. The molecule has 1 atom stereocenters. The Hall–Kier alpha value is -2.60. The predicted octanol–water partition coefficient (Wildman–Crippen LogP) is 2.48. The first kappa shape index (κ1) is 17.2. The molecule has 25 heavy (non-hydrogen) atoms. The first-order valence-corrected chi connectivity index (χ1v) is 8.60. The van der Waals surface area contributed by atoms with Crippen LogP contribution in [0, 0.1) is 0 Å². The maximum Gasteiger partial charge on any atom is 0.315 e. The van der Waals surface area contributed by atoms with Crippen molar-refractivity contribution >= 4 is 11.8 Å². The lowest BCUT2D eigenvalue weighted by Crippen LogP contribution is -2.39. The molecule has 6 heteroatoms. The molecule has 2 heterocycles. The van der Waals surface area contributed by atoms with Crippen LogP contribution >= 0.6 is 0 Å². The van der Waals surface area contributed by atoms with E-state index in [4.69, 9.17) is 4.74 Å². The van der Waals surface area contributed by atoms with Gasteiger partial charge < -0.3 is 20.3 Å². The van der Waals surface area contributed by atoms with Crippen LogP contribution in [0.15, 0.2) is 48.7 Å². The number of carbonyl (C=O) groups excluding carboxylic acids is 1. The Morgan fingerprint density at radius 3 is 2.72 bits per heavy atom. The van der Waals surface area contributed by atoms with Crippen molar-refractivity contribution in [2.45, 2.75) is 19.5 Å². The van der Waals surface area contributed by atoms with Gasteiger partial charge in [0.15, 0.2) is 0 Å². The zero-order valence-corrected chi connectivity index (χ0v) is 14.4. The van der Waals surface area contributed by atoms with Gasteiger partial charge in [-0.15, -0.1) is 0 Å². The van der Waals surface area contributed by atoms with Gasteiger partial charge in [0.25, 0.3) is 0 Å². The second kappa shape index (κ2) is 8.48. The van der Waals surface area contributed by atoms with Crippen LogP contribution in [0.5, 0.6) is 0 Å². The van der Waals surface area contributed by atoms with Gasteiger partial charge in [0.05, 0.1) is 19.3 Å². The number of amides is 2. The molecule has 0 radical (unpaired) electrons. The lowest BCUT2D eigenvalue weighted by Gasteiger charge is -2.29. The van der Waals surface area contributed by atoms with E-state index in [1.54, 1.807) is 6.20 Å². The fraction of sp³-hybridized carbons (Fsp3) is 0.368. The minimum Gasteiger partial charge on any atom is -0.378 e. The van der Waals surface area contributed by atoms with E-state index in [-0.39, 0.29) is 12.1 Å². The third-order valence-corrected chi connectivity index (χ3v) is 4.26. The molecule has 1 saturated heterocycles. The summed E-state index contributed by atoms with van der Waals surface area (Å²) in [5.41, 5.74) is 2.08. The Morgan fingerprint density at radius 1 is 1.20 bits per heavy atom. The fourth-order valence-electron chi connectivity index (χ4n) is 2.88. The molecule has 1 aliphatic rings. The molecule has 1 aliphatic heterocycles. The summed E-state index contributed by atoms with van der Waals surface area (Å²) < 4.78 is 5.40. The zero-order valence-electron chi connectivity index (χ0n) is 14.4. The average molecular weight is 340 g/mol. The summed E-state index contributed by atoms with van der Waals surface area (Å²) in [5.74, 6) is 0.919. The van der Waals surface area contributed by atoms with Crippen molar-refractivity contribution in [2.24, 2.45) is 0 Å². The molecule has 1 unspecified atom stereocenters. The minimum atomic E-state index is -0.187. The van der Waals surface area contributed by atoms with Gasteiger partial charge in [-0.25, -0.2) is 9.78 Å². The van der Waals surface area contributed by atoms with E-state index in [2.05, 4.69) is 20.5 Å². The lowest BCUT2D eigenvalue weighted by molar-refractivity contribution is 0.122. The second-order valence-electron chi connectivity index (χ2n) is 6.04. The average Bonchev–Trinajstić information content (AvgIpc) is 2.68. The van der Waals surface area contributed by atoms with Crippen LogP contribution in [0.1, 0.15) is 24.1 Å². The fourth-order valence-corrected chi connectivity index (χ4v) is 2.88. The van der Waals surface area contributed by atoms with Crippen LogP contribution in [0.4, 0.5) is 10.6 Å². The van der Waals surface area contributed by atoms with Crippen molar-refractivity contribution in [3.63, 3.8) is 0 Å². The summed E-state index contributed by atoms with van der Waals surface area (Å²) in [5, 5.41) is 5.89. The maximum atomic E-state index is 12.2. The lowest BCUT2D eigenvalue weighted by atomic mass is 10.1. The minimum absolute atomic E-state index is 0.0474. The highest BCUT2D eigenvalue weighted by Gasteiger charge is 2.16. The molecule has 1 aromatic carbocycles. The van der Waals surface area contributed by atoms with Gasteiger partial charge in [-0.05, 0) is 18.6 Å². The van der Waals surface area contributed by atoms with Gasteiger partial charge >= 0.3 is 6.03 Å². The van der Waals surface area contributed by atoms with Gasteiger partial charge in [-0.1, -0.05) is 36.4 Å². The summed E-state index contributed by atoms with van der Waals surface area (Å²) in [6, 6.07) is 13.6. The quantitative estimate of drug-likeness (QED) is 0.877. The number of hydrogen-bond acceptors (Lipinski definition) is 4. The summed E-state index contributed by atoms with van der Waals surface area (Å²) in [6.07, 6.45) is 1.78. The number of morpholine rings is 1. The number of nitrogens with one attached hydrogen (secondary N) is 2. The van der Waals surface area contributed by atoms with E-state index in [1.807, 2.05) is 49.4 Å². The highest BCUT2D eigenvalue weighted by Crippen LogP contribution is 2.18. The molecule has 1 fully saturated rings. The molecular weight excluding hydrogens is 316 g/mol. The first-order valence-electron chi connectivity index (χ1n) is 8.60. The second-order valence-corrected chi connectivity index (χ2v) is 6.04. The number of rotatable bonds is 5. The maximum absolute atomic E-state index is 12.2. The molecule has 3 rings (SSSR count). The smallest absolute Gasteiger partial charge is 0.315 e. The number of hydrogen-bond donors (Lipinski definition) is 2. The molecule has 6 nitrogen and oxygen atoms in total. The van der Waals surface area contributed by atoms with Gasteiger partial charge in [0.1, 0.15) is 5.82 Å². The van der Waals surface area contributed by atoms with Crippen molar-refractivity contribution < 1.29 is 9.53 Å². The summed E-state index contributed by atoms with van der Waals surface area (Å²) >= 11 is 0. The number of nitrogens with zero attached hydrogens (tertiary/aromatic N) is 2. The van der Waals surface area contributed by atoms with E-state index in [1.165, 1.54) is 0 Å². The SMILES string of the molecule is CC(NC(=O)NCc1cccnc1N1CCOCC1)c1ccccc1. The number of urea groups is 1. The third kappa shape index (κ3) is 4.70. The molecule has 2 aromatic rings. The van der Waals surface area contributed by atoms with Gasteiger partial charge in [-0.3, -0.25) is 0 Å². The Labute approximate surface area is 148 Å². The van der Waals surface area contributed by atoms with Crippen LogP contribution in [0.2, 0.25) is 0 Å². The Bertz CT molecular complexity index is 687. The Morgan fingerprint density at radius 2 is 1.96 bits per heavy atom. The monoisotopic (exact) mass is 340 g/mol. The van der Waals surface area contributed by atoms with E-state index in [0.29, 0.717) is 19.8 Å². The highest BCUT2D eigenvalue weighted by molar-refractivity contribution is 5.74. The van der Waals surface area contributed by atoms with Crippen LogP contribution in [-0.2, 0) is 11.3 Å². The van der Waals surface area contributed by atoms with E-state index in [9.17, 15) is 4.79 Å². The van der Waals surface area contributed by atoms with E-state index >= 15 is 0 Å². The standard InChI is InChI=1S/C19H24N4O2/c1-15(16-6-3-2-4-7-16)22-19(24)21-14-17-8-5-9-20-18(17)23-10-12-25-13-11-23/h2-9,15H,10-14H2,1H3,(H2,21,22,24). The Kier molecular flexibility index (Phi) is 5.85. The van der Waals surface area contributed by atoms with Crippen LogP contribution in [-0.4, -0.2) is 37.3 Å². The van der Waals surface area contributed by atoms with Crippen LogP contribution in [0.25, 0.3) is 0 Å². The molecule has 132 valence electrons. The summed E-state index contributed by atoms with van der Waals surface area (Å²) in [7, 11) is 0. The van der Waals surface area contributed by atoms with Crippen molar-refractivity contribution in [1.29, 1.82) is 0 Å². The van der Waals surface area contributed by atoms with E-state index < -0.39 is 0 Å². The van der Waals surface area contributed by atoms with Gasteiger partial charge in [0.2, 0.25) is 0 Å². The largest absolute Gasteiger partial charge is 0.378 e. The number of anilines is 1. The van der Waals surface area contributed by atoms with Gasteiger partial charge in [-0.2, -0.15) is 0 Å². The number of pyridine rings is 1. The molecular formula is C19H24N4O2. The van der Waals surface area contributed by atoms with Crippen molar-refractivity contribution in [2.75, 3.05) is 31.2 Å². The first-order chi connectivity index (χ1) is 12.2. The molecule has 0 spiro atoms. The molecule has 2 N–H and O–H groups in total. The molecule has 2 amide bonds. The summed E-state index contributed by atoms with van der Waals surface area (Å²) in [4.78, 5) is 18.9. The topological polar surface area (TPSA) is 66.5 Å². The van der Waals surface area contributed by atoms with Crippen LogP contribution in [0.3, 0.4) is 0 Å². The number of benzene rings is 1. The van der Waals surface area contributed by atoms with Crippen molar-refractivity contribution in [3.05, 3.63) is 59.8 Å². The molecule has 0 bridgehead atoms. The number of ether oxygens (including phenoxy) is 1. The molecule has 0 saturated carbocycles. The number of aromatic nitrogens is 1. The van der Waals surface area contributed by atoms with Crippen LogP contribution < -0.4 is 15.5 Å². The zero-order chi connectivity index (χ0) is 17.5. The van der Waals surface area contributed by atoms with Crippen molar-refractivity contribution in [3.8, 4) is 0 Å². The summed E-state index contributed by atoms with van der Waals surface area (Å²) in [6.45, 7) is 5.46. The normalized spacial score (nSPS) is 15.5. The highest BCUT2D eigenvalue weighted by atomic mass is 16.5. The Balaban J connectivity index is 1.57. The van der Waals surface area contributed by atoms with Crippen molar-refractivity contribution in [1.82, 2.24) is 15.6 Å². The van der Waals surface area contributed by atoms with Gasteiger partial charge in [0, 0.05) is 31.4 Å². The van der Waals surface area contributed by atoms with E-state index in [0.717, 1.165) is 30.0 Å².